The Morgan fingerprint density at radius 2 is 2.09 bits per heavy atom. The molecule has 0 spiro atoms. The van der Waals surface area contributed by atoms with E-state index in [1.165, 1.54) is 17.4 Å². The molecular weight excluding hydrogens is 432 g/mol. The number of carbonyl (C=O) groups excluding carboxylic acids is 4. The van der Waals surface area contributed by atoms with E-state index < -0.39 is 30.0 Å². The molecule has 2 aliphatic rings. The van der Waals surface area contributed by atoms with Gasteiger partial charge in [-0.3, -0.25) is 24.5 Å². The summed E-state index contributed by atoms with van der Waals surface area (Å²) in [6.45, 7) is 0.352. The molecule has 0 bridgehead atoms. The zero-order valence-corrected chi connectivity index (χ0v) is 17.5. The van der Waals surface area contributed by atoms with Crippen LogP contribution in [0.25, 0.3) is 0 Å². The van der Waals surface area contributed by atoms with Gasteiger partial charge in [0.2, 0.25) is 17.7 Å². The second-order valence-corrected chi connectivity index (χ2v) is 7.89. The molecule has 1 aromatic carbocycles. The Balaban J connectivity index is 1.40. The summed E-state index contributed by atoms with van der Waals surface area (Å²) in [5.74, 6) is -1.61. The summed E-state index contributed by atoms with van der Waals surface area (Å²) < 4.78 is 0. The molecule has 2 aliphatic heterocycles. The van der Waals surface area contributed by atoms with Gasteiger partial charge in [-0.05, 0) is 23.6 Å². The number of rotatable bonds is 7. The van der Waals surface area contributed by atoms with Crippen LogP contribution in [0.3, 0.4) is 0 Å². The summed E-state index contributed by atoms with van der Waals surface area (Å²) in [7, 11) is 0. The molecule has 0 saturated carbocycles. The molecule has 1 fully saturated rings. The first-order valence-electron chi connectivity index (χ1n) is 10.3. The molecule has 4 rings (SSSR count). The second-order valence-electron chi connectivity index (χ2n) is 7.89. The third-order valence-corrected chi connectivity index (χ3v) is 5.65. The van der Waals surface area contributed by atoms with Crippen molar-refractivity contribution in [1.29, 1.82) is 0 Å². The van der Waals surface area contributed by atoms with Gasteiger partial charge in [0.05, 0.1) is 6.33 Å². The van der Waals surface area contributed by atoms with E-state index in [2.05, 4.69) is 25.9 Å². The van der Waals surface area contributed by atoms with Crippen molar-refractivity contribution in [2.24, 2.45) is 0 Å². The smallest absolute Gasteiger partial charge is 0.405 e. The maximum atomic E-state index is 12.8. The summed E-state index contributed by atoms with van der Waals surface area (Å²) in [5.41, 5.74) is 2.51. The third kappa shape index (κ3) is 4.84. The summed E-state index contributed by atoms with van der Waals surface area (Å²) in [6.07, 6.45) is 2.20. The topological polar surface area (TPSA) is 174 Å². The largest absolute Gasteiger partial charge is 0.465 e. The fraction of sp³-hybridized carbons (Fsp3) is 0.333. The van der Waals surface area contributed by atoms with Crippen LogP contribution in [0.15, 0.2) is 30.7 Å². The van der Waals surface area contributed by atoms with Gasteiger partial charge in [-0.25, -0.2) is 9.78 Å². The number of carbonyl (C=O) groups is 5. The number of fused-ring (bicyclic) bond motifs is 1. The van der Waals surface area contributed by atoms with Gasteiger partial charge in [0.1, 0.15) is 12.1 Å². The van der Waals surface area contributed by atoms with Crippen molar-refractivity contribution in [2.75, 3.05) is 0 Å². The Hall–Kier alpha value is -4.22. The van der Waals surface area contributed by atoms with Gasteiger partial charge in [-0.1, -0.05) is 12.1 Å². The van der Waals surface area contributed by atoms with E-state index in [-0.39, 0.29) is 44.2 Å². The molecule has 1 saturated heterocycles. The summed E-state index contributed by atoms with van der Waals surface area (Å²) in [6, 6.07) is 3.40. The van der Waals surface area contributed by atoms with Gasteiger partial charge in [-0.15, -0.1) is 0 Å². The number of hydrogen-bond donors (Lipinski definition) is 5. The van der Waals surface area contributed by atoms with Gasteiger partial charge in [-0.2, -0.15) is 0 Å². The van der Waals surface area contributed by atoms with Crippen LogP contribution in [0.4, 0.5) is 4.79 Å². The molecule has 5 amide bonds. The molecule has 172 valence electrons. The average Bonchev–Trinajstić information content (AvgIpc) is 3.39. The Kier molecular flexibility index (Phi) is 6.07. The van der Waals surface area contributed by atoms with Crippen LogP contribution >= 0.6 is 0 Å². The summed E-state index contributed by atoms with van der Waals surface area (Å²) in [4.78, 5) is 68.1. The number of benzene rings is 1. The van der Waals surface area contributed by atoms with E-state index in [1.807, 2.05) is 0 Å². The zero-order chi connectivity index (χ0) is 23.5. The van der Waals surface area contributed by atoms with Crippen molar-refractivity contribution in [1.82, 2.24) is 30.8 Å². The highest BCUT2D eigenvalue weighted by molar-refractivity contribution is 6.05. The average molecular weight is 454 g/mol. The molecule has 0 aliphatic carbocycles. The predicted molar refractivity (Wildman–Crippen MR) is 112 cm³/mol. The van der Waals surface area contributed by atoms with Crippen molar-refractivity contribution >= 4 is 29.7 Å². The number of nitrogens with one attached hydrogen (secondary N) is 4. The molecule has 1 unspecified atom stereocenters. The first-order chi connectivity index (χ1) is 15.8. The van der Waals surface area contributed by atoms with Crippen molar-refractivity contribution in [3.05, 3.63) is 53.1 Å². The SMILES string of the molecule is O=C(O)NC(Cc1cnc[nH]1)C(=O)NCc1ccc2c(c1)CN([C@@H]1CCC(=O)NC1=O)C2=O. The Morgan fingerprint density at radius 3 is 2.79 bits per heavy atom. The fourth-order valence-electron chi connectivity index (χ4n) is 4.02. The number of nitrogens with zero attached hydrogens (tertiary/aromatic N) is 2. The van der Waals surface area contributed by atoms with Gasteiger partial charge in [0.15, 0.2) is 0 Å². The van der Waals surface area contributed by atoms with Crippen LogP contribution in [0, 0.1) is 0 Å². The maximum absolute atomic E-state index is 12.8. The first kappa shape index (κ1) is 22.0. The van der Waals surface area contributed by atoms with E-state index in [1.54, 1.807) is 18.2 Å². The van der Waals surface area contributed by atoms with Crippen LogP contribution in [-0.4, -0.2) is 61.8 Å². The van der Waals surface area contributed by atoms with Crippen LogP contribution in [0.5, 0.6) is 0 Å². The van der Waals surface area contributed by atoms with Gasteiger partial charge in [0.25, 0.3) is 5.91 Å². The number of piperidine rings is 1. The normalized spacial score (nSPS) is 18.5. The number of H-pyrrole nitrogens is 1. The molecule has 1 aromatic heterocycles. The lowest BCUT2D eigenvalue weighted by molar-refractivity contribution is -0.137. The van der Waals surface area contributed by atoms with E-state index in [9.17, 15) is 24.0 Å². The molecule has 12 heteroatoms. The molecule has 33 heavy (non-hydrogen) atoms. The van der Waals surface area contributed by atoms with E-state index >= 15 is 0 Å². The molecule has 0 radical (unpaired) electrons. The van der Waals surface area contributed by atoms with E-state index in [0.717, 1.165) is 5.56 Å². The fourth-order valence-corrected chi connectivity index (χ4v) is 4.02. The van der Waals surface area contributed by atoms with Crippen molar-refractivity contribution in [2.45, 2.75) is 44.4 Å². The number of amides is 5. The molecule has 2 atom stereocenters. The minimum absolute atomic E-state index is 0.109. The van der Waals surface area contributed by atoms with Crippen LogP contribution in [0.1, 0.15) is 40.0 Å². The molecular formula is C21H22N6O6. The highest BCUT2D eigenvalue weighted by Gasteiger charge is 2.39. The van der Waals surface area contributed by atoms with Crippen molar-refractivity contribution < 1.29 is 29.1 Å². The Labute approximate surface area is 187 Å². The van der Waals surface area contributed by atoms with E-state index in [0.29, 0.717) is 16.8 Å². The van der Waals surface area contributed by atoms with Crippen molar-refractivity contribution in [3.63, 3.8) is 0 Å². The van der Waals surface area contributed by atoms with Crippen LogP contribution in [-0.2, 0) is 33.9 Å². The van der Waals surface area contributed by atoms with Gasteiger partial charge in [0, 0.05) is 43.4 Å². The third-order valence-electron chi connectivity index (χ3n) is 5.65. The molecule has 12 nitrogen and oxygen atoms in total. The molecule has 5 N–H and O–H groups in total. The highest BCUT2D eigenvalue weighted by Crippen LogP contribution is 2.28. The number of aromatic amines is 1. The summed E-state index contributed by atoms with van der Waals surface area (Å²) in [5, 5.41) is 16.2. The quantitative estimate of drug-likeness (QED) is 0.356. The predicted octanol–water partition coefficient (Wildman–Crippen LogP) is -0.334. The lowest BCUT2D eigenvalue weighted by Crippen LogP contribution is -2.52. The van der Waals surface area contributed by atoms with Crippen LogP contribution < -0.4 is 16.0 Å². The lowest BCUT2D eigenvalue weighted by Gasteiger charge is -2.29. The van der Waals surface area contributed by atoms with Crippen molar-refractivity contribution in [3.8, 4) is 0 Å². The number of aromatic nitrogens is 2. The standard InChI is InChI=1S/C21H22N6O6/c28-17-4-3-16(19(30)26-17)27-9-12-5-11(1-2-14(12)20(27)31)7-23-18(29)15(25-21(32)33)6-13-8-22-10-24-13/h1-2,5,8,10,15-16,25H,3-4,6-7,9H2,(H,22,24)(H,23,29)(H,32,33)(H,26,28,30)/t15?,16-/m1/s1. The minimum atomic E-state index is -1.32. The van der Waals surface area contributed by atoms with E-state index in [4.69, 9.17) is 5.11 Å². The Morgan fingerprint density at radius 1 is 1.27 bits per heavy atom. The number of carboxylic acid groups (broad SMARTS) is 1. The zero-order valence-electron chi connectivity index (χ0n) is 17.5. The second kappa shape index (κ2) is 9.10. The van der Waals surface area contributed by atoms with Gasteiger partial charge < -0.3 is 25.6 Å². The minimum Gasteiger partial charge on any atom is -0.465 e. The molecule has 3 heterocycles. The number of hydrogen-bond acceptors (Lipinski definition) is 6. The summed E-state index contributed by atoms with van der Waals surface area (Å²) >= 11 is 0. The molecule has 2 aromatic rings. The first-order valence-corrected chi connectivity index (χ1v) is 10.3. The highest BCUT2D eigenvalue weighted by atomic mass is 16.4. The Bertz CT molecular complexity index is 1110. The van der Waals surface area contributed by atoms with Crippen LogP contribution in [0.2, 0.25) is 0 Å². The van der Waals surface area contributed by atoms with Gasteiger partial charge >= 0.3 is 6.09 Å². The lowest BCUT2D eigenvalue weighted by atomic mass is 10.0. The number of imide groups is 1. The monoisotopic (exact) mass is 454 g/mol. The maximum Gasteiger partial charge on any atom is 0.405 e. The number of imidazole rings is 1.